The predicted molar refractivity (Wildman–Crippen MR) is 134 cm³/mol. The molecule has 1 aliphatic rings. The van der Waals surface area contributed by atoms with Crippen LogP contribution in [-0.2, 0) is 13.0 Å². The van der Waals surface area contributed by atoms with Crippen LogP contribution in [0.15, 0.2) is 71.5 Å². The molecule has 0 saturated heterocycles. The summed E-state index contributed by atoms with van der Waals surface area (Å²) in [6, 6.07) is 13.3. The zero-order chi connectivity index (χ0) is 26.1. The first-order valence-corrected chi connectivity index (χ1v) is 12.0. The maximum Gasteiger partial charge on any atom is 0.287 e. The fourth-order valence-electron chi connectivity index (χ4n) is 4.46. The van der Waals surface area contributed by atoms with Gasteiger partial charge in [0.15, 0.2) is 5.76 Å². The summed E-state index contributed by atoms with van der Waals surface area (Å²) in [6.45, 7) is 2.39. The van der Waals surface area contributed by atoms with Crippen LogP contribution < -0.4 is 5.32 Å². The topological polar surface area (TPSA) is 97.4 Å². The van der Waals surface area contributed by atoms with Gasteiger partial charge in [0.05, 0.1) is 34.1 Å². The van der Waals surface area contributed by atoms with Gasteiger partial charge in [0, 0.05) is 18.7 Å². The second-order valence-corrected chi connectivity index (χ2v) is 9.03. The number of rotatable bonds is 8. The van der Waals surface area contributed by atoms with Crippen molar-refractivity contribution in [3.63, 3.8) is 0 Å². The second kappa shape index (κ2) is 10.0. The summed E-state index contributed by atoms with van der Waals surface area (Å²) < 4.78 is 21.0. The Morgan fingerprint density at radius 2 is 1.84 bits per heavy atom. The lowest BCUT2D eigenvalue weighted by molar-refractivity contribution is 0.0627. The highest BCUT2D eigenvalue weighted by molar-refractivity contribution is 6.33. The normalized spacial score (nSPS) is 13.6. The molecule has 3 amide bonds. The molecule has 2 aromatic heterocycles. The van der Waals surface area contributed by atoms with Crippen LogP contribution >= 0.6 is 11.6 Å². The van der Waals surface area contributed by atoms with E-state index in [1.807, 2.05) is 6.92 Å². The first-order valence-electron chi connectivity index (χ1n) is 11.7. The molecule has 8 nitrogen and oxygen atoms in total. The Labute approximate surface area is 216 Å². The fraction of sp³-hybridized carbons (Fsp3) is 0.185. The number of imide groups is 1. The summed E-state index contributed by atoms with van der Waals surface area (Å²) >= 11 is 6.27. The Bertz CT molecular complexity index is 1480. The largest absolute Gasteiger partial charge is 0.458 e. The average Bonchev–Trinajstić information content (AvgIpc) is 3.57. The number of halogens is 2. The molecule has 2 aromatic carbocycles. The molecule has 10 heteroatoms. The van der Waals surface area contributed by atoms with Crippen molar-refractivity contribution >= 4 is 29.3 Å². The van der Waals surface area contributed by atoms with Gasteiger partial charge in [0.25, 0.3) is 17.7 Å². The fourth-order valence-corrected chi connectivity index (χ4v) is 4.71. The number of hydrogen-bond acceptors (Lipinski definition) is 5. The van der Waals surface area contributed by atoms with Crippen LogP contribution in [0.25, 0.3) is 11.3 Å². The summed E-state index contributed by atoms with van der Waals surface area (Å²) in [5.41, 5.74) is 2.42. The standard InChI is InChI=1S/C27H22ClFN4O4/c1-2-33-24(22(28)13-30-33)17-12-23(37-15-17)25(34)31-19(11-16-6-5-7-18(29)10-16)14-32-26(35)20-8-3-4-9-21(20)27(32)36/h3-10,12-13,15,19H,2,11,14H2,1H3,(H,31,34)/t19-/m0/s1. The van der Waals surface area contributed by atoms with Gasteiger partial charge in [-0.25, -0.2) is 4.39 Å². The number of carbonyl (C=O) groups is 3. The Hall–Kier alpha value is -4.24. The van der Waals surface area contributed by atoms with Crippen molar-refractivity contribution in [2.45, 2.75) is 25.9 Å². The summed E-state index contributed by atoms with van der Waals surface area (Å²) in [5, 5.41) is 7.46. The number of nitrogens with one attached hydrogen (secondary N) is 1. The van der Waals surface area contributed by atoms with Crippen LogP contribution in [0.1, 0.15) is 43.8 Å². The highest BCUT2D eigenvalue weighted by Crippen LogP contribution is 2.29. The van der Waals surface area contributed by atoms with Gasteiger partial charge in [-0.2, -0.15) is 5.10 Å². The van der Waals surface area contributed by atoms with E-state index in [9.17, 15) is 18.8 Å². The molecule has 0 fully saturated rings. The number of benzene rings is 2. The molecule has 1 aliphatic heterocycles. The maximum atomic E-state index is 13.8. The third-order valence-electron chi connectivity index (χ3n) is 6.18. The van der Waals surface area contributed by atoms with Crippen molar-refractivity contribution in [2.24, 2.45) is 0 Å². The van der Waals surface area contributed by atoms with Crippen LogP contribution in [0.4, 0.5) is 4.39 Å². The molecule has 188 valence electrons. The van der Waals surface area contributed by atoms with Crippen molar-refractivity contribution in [3.05, 3.63) is 100 Å². The Balaban J connectivity index is 1.39. The zero-order valence-corrected chi connectivity index (χ0v) is 20.5. The molecule has 3 heterocycles. The zero-order valence-electron chi connectivity index (χ0n) is 19.8. The summed E-state index contributed by atoms with van der Waals surface area (Å²) in [5.74, 6) is -1.85. The first kappa shape index (κ1) is 24.5. The predicted octanol–water partition coefficient (Wildman–Crippen LogP) is 4.59. The minimum Gasteiger partial charge on any atom is -0.458 e. The second-order valence-electron chi connectivity index (χ2n) is 8.63. The monoisotopic (exact) mass is 520 g/mol. The Morgan fingerprint density at radius 3 is 2.51 bits per heavy atom. The molecule has 0 aliphatic carbocycles. The van der Waals surface area contributed by atoms with E-state index in [0.717, 1.165) is 4.90 Å². The molecule has 0 radical (unpaired) electrons. The summed E-state index contributed by atoms with van der Waals surface area (Å²) in [4.78, 5) is 40.1. The molecule has 5 rings (SSSR count). The van der Waals surface area contributed by atoms with E-state index >= 15 is 0 Å². The Kier molecular flexibility index (Phi) is 6.62. The number of fused-ring (bicyclic) bond motifs is 1. The number of aromatic nitrogens is 2. The van der Waals surface area contributed by atoms with Gasteiger partial charge < -0.3 is 9.73 Å². The van der Waals surface area contributed by atoms with Gasteiger partial charge in [0.1, 0.15) is 12.1 Å². The van der Waals surface area contributed by atoms with Gasteiger partial charge >= 0.3 is 0 Å². The molecule has 4 aromatic rings. The van der Waals surface area contributed by atoms with E-state index < -0.39 is 29.6 Å². The van der Waals surface area contributed by atoms with Crippen molar-refractivity contribution in [1.82, 2.24) is 20.0 Å². The first-order chi connectivity index (χ1) is 17.9. The molecule has 0 bridgehead atoms. The lowest BCUT2D eigenvalue weighted by atomic mass is 10.0. The highest BCUT2D eigenvalue weighted by atomic mass is 35.5. The van der Waals surface area contributed by atoms with Gasteiger partial charge in [-0.05, 0) is 49.2 Å². The average molecular weight is 521 g/mol. The van der Waals surface area contributed by atoms with E-state index in [1.165, 1.54) is 24.6 Å². The smallest absolute Gasteiger partial charge is 0.287 e. The number of aryl methyl sites for hydroxylation is 1. The summed E-state index contributed by atoms with van der Waals surface area (Å²) in [6.07, 6.45) is 3.11. The van der Waals surface area contributed by atoms with Crippen LogP contribution in [0.3, 0.4) is 0 Å². The third-order valence-corrected chi connectivity index (χ3v) is 6.46. The van der Waals surface area contributed by atoms with E-state index in [4.69, 9.17) is 16.0 Å². The van der Waals surface area contributed by atoms with Crippen LogP contribution in [0.5, 0.6) is 0 Å². The third kappa shape index (κ3) is 4.77. The number of carbonyl (C=O) groups excluding carboxylic acids is 3. The molecule has 1 N–H and O–H groups in total. The Morgan fingerprint density at radius 1 is 1.11 bits per heavy atom. The maximum absolute atomic E-state index is 13.8. The lowest BCUT2D eigenvalue weighted by Crippen LogP contribution is -2.46. The van der Waals surface area contributed by atoms with Crippen LogP contribution in [0.2, 0.25) is 5.02 Å². The van der Waals surface area contributed by atoms with Crippen LogP contribution in [-0.4, -0.2) is 45.0 Å². The van der Waals surface area contributed by atoms with Gasteiger partial charge in [-0.1, -0.05) is 35.9 Å². The number of nitrogens with zero attached hydrogens (tertiary/aromatic N) is 3. The molecular formula is C27H22ClFN4O4. The molecule has 0 saturated carbocycles. The SMILES string of the molecule is CCn1ncc(Cl)c1-c1coc(C(=O)N[C@@H](Cc2cccc(F)c2)CN2C(=O)c3ccccc3C2=O)c1. The molecule has 0 unspecified atom stereocenters. The molecule has 0 spiro atoms. The molecule has 1 atom stereocenters. The van der Waals surface area contributed by atoms with Crippen molar-refractivity contribution in [3.8, 4) is 11.3 Å². The van der Waals surface area contributed by atoms with Crippen molar-refractivity contribution in [1.29, 1.82) is 0 Å². The van der Waals surface area contributed by atoms with Gasteiger partial charge in [-0.3, -0.25) is 24.0 Å². The van der Waals surface area contributed by atoms with Crippen molar-refractivity contribution < 1.29 is 23.2 Å². The van der Waals surface area contributed by atoms with Crippen molar-refractivity contribution in [2.75, 3.05) is 6.54 Å². The minimum absolute atomic E-state index is 0.0153. The van der Waals surface area contributed by atoms with Gasteiger partial charge in [0.2, 0.25) is 0 Å². The van der Waals surface area contributed by atoms with E-state index in [2.05, 4.69) is 10.4 Å². The number of hydrogen-bond donors (Lipinski definition) is 1. The summed E-state index contributed by atoms with van der Waals surface area (Å²) in [7, 11) is 0. The number of furan rings is 1. The molecular weight excluding hydrogens is 499 g/mol. The van der Waals surface area contributed by atoms with E-state index in [-0.39, 0.29) is 18.7 Å². The lowest BCUT2D eigenvalue weighted by Gasteiger charge is -2.23. The van der Waals surface area contributed by atoms with Gasteiger partial charge in [-0.15, -0.1) is 0 Å². The van der Waals surface area contributed by atoms with E-state index in [1.54, 1.807) is 47.1 Å². The quantitative estimate of drug-likeness (QED) is 0.343. The van der Waals surface area contributed by atoms with Crippen LogP contribution in [0, 0.1) is 5.82 Å². The van der Waals surface area contributed by atoms with E-state index in [0.29, 0.717) is 39.5 Å². The highest BCUT2D eigenvalue weighted by Gasteiger charge is 2.37. The minimum atomic E-state index is -0.713. The molecule has 37 heavy (non-hydrogen) atoms. The number of amides is 3.